The van der Waals surface area contributed by atoms with E-state index in [1.807, 2.05) is 0 Å². The first-order chi connectivity index (χ1) is 14.5. The molecule has 0 N–H and O–H groups in total. The molecule has 146 valence electrons. The van der Waals surface area contributed by atoms with Crippen molar-refractivity contribution < 1.29 is 8.98 Å². The Hall–Kier alpha value is -3.39. The van der Waals surface area contributed by atoms with Crippen molar-refractivity contribution in [2.75, 3.05) is 0 Å². The molecule has 0 fully saturated rings. The van der Waals surface area contributed by atoms with Gasteiger partial charge < -0.3 is 4.42 Å². The number of hydrogen-bond acceptors (Lipinski definition) is 1. The summed E-state index contributed by atoms with van der Waals surface area (Å²) in [5.74, 6) is 0. The van der Waals surface area contributed by atoms with E-state index in [4.69, 9.17) is 4.42 Å². The summed E-state index contributed by atoms with van der Waals surface area (Å²) in [7, 11) is 2.09. The van der Waals surface area contributed by atoms with Gasteiger partial charge in [0.1, 0.15) is 18.2 Å². The van der Waals surface area contributed by atoms with Gasteiger partial charge in [0.05, 0.1) is 5.56 Å². The largest absolute Gasteiger partial charge is 0.455 e. The van der Waals surface area contributed by atoms with Crippen LogP contribution in [0.5, 0.6) is 0 Å². The Morgan fingerprint density at radius 3 is 2.43 bits per heavy atom. The van der Waals surface area contributed by atoms with E-state index in [0.717, 1.165) is 16.9 Å². The Kier molecular flexibility index (Phi) is 3.39. The van der Waals surface area contributed by atoms with Crippen LogP contribution >= 0.6 is 0 Å². The van der Waals surface area contributed by atoms with Gasteiger partial charge in [-0.05, 0) is 52.9 Å². The van der Waals surface area contributed by atoms with Crippen LogP contribution in [-0.4, -0.2) is 0 Å². The zero-order valence-corrected chi connectivity index (χ0v) is 17.8. The summed E-state index contributed by atoms with van der Waals surface area (Å²) < 4.78 is 8.74. The van der Waals surface area contributed by atoms with E-state index in [-0.39, 0.29) is 5.41 Å². The molecule has 3 aromatic carbocycles. The molecule has 0 bridgehead atoms. The van der Waals surface area contributed by atoms with Crippen molar-refractivity contribution in [1.82, 2.24) is 0 Å². The first-order valence-electron chi connectivity index (χ1n) is 10.5. The summed E-state index contributed by atoms with van der Waals surface area (Å²) in [5, 5.41) is 2.37. The average Bonchev–Trinajstić information content (AvgIpc) is 3.21. The fourth-order valence-electron chi connectivity index (χ4n) is 5.23. The van der Waals surface area contributed by atoms with Crippen molar-refractivity contribution in [3.63, 3.8) is 0 Å². The summed E-state index contributed by atoms with van der Waals surface area (Å²) >= 11 is 0. The Morgan fingerprint density at radius 1 is 0.800 bits per heavy atom. The summed E-state index contributed by atoms with van der Waals surface area (Å²) in [5.41, 5.74) is 10.9. The van der Waals surface area contributed by atoms with Gasteiger partial charge in [-0.1, -0.05) is 50.2 Å². The molecule has 0 saturated heterocycles. The smallest absolute Gasteiger partial charge is 0.216 e. The number of aryl methyl sites for hydroxylation is 2. The number of benzene rings is 3. The molecule has 1 aliphatic rings. The highest BCUT2D eigenvalue weighted by atomic mass is 16.3. The second-order valence-corrected chi connectivity index (χ2v) is 9.00. The minimum absolute atomic E-state index is 0.0241. The van der Waals surface area contributed by atoms with Gasteiger partial charge in [-0.3, -0.25) is 0 Å². The minimum Gasteiger partial charge on any atom is -0.455 e. The van der Waals surface area contributed by atoms with Crippen LogP contribution < -0.4 is 4.57 Å². The van der Waals surface area contributed by atoms with E-state index >= 15 is 0 Å². The number of pyridine rings is 1. The lowest BCUT2D eigenvalue weighted by Gasteiger charge is -2.21. The molecule has 0 unspecified atom stereocenters. The van der Waals surface area contributed by atoms with Crippen LogP contribution in [0.3, 0.4) is 0 Å². The van der Waals surface area contributed by atoms with Gasteiger partial charge in [0.2, 0.25) is 5.69 Å². The van der Waals surface area contributed by atoms with Crippen LogP contribution in [0.25, 0.3) is 44.3 Å². The van der Waals surface area contributed by atoms with Crippen LogP contribution in [0.15, 0.2) is 77.3 Å². The molecule has 2 nitrogen and oxygen atoms in total. The Balaban J connectivity index is 1.71. The molecule has 0 atom stereocenters. The maximum Gasteiger partial charge on any atom is 0.216 e. The molecule has 0 amide bonds. The summed E-state index contributed by atoms with van der Waals surface area (Å²) in [6.45, 7) is 6.78. The molecular formula is C28H24NO+. The molecule has 6 rings (SSSR count). The van der Waals surface area contributed by atoms with Crippen molar-refractivity contribution in [1.29, 1.82) is 0 Å². The van der Waals surface area contributed by atoms with Crippen molar-refractivity contribution in [3.05, 3.63) is 89.6 Å². The SMILES string of the molecule is Cc1ccc2c(oc3cc4c(cc32)-c2ccccc2C4(C)C)c1-c1cccc[n+]1C. The highest BCUT2D eigenvalue weighted by Crippen LogP contribution is 2.51. The van der Waals surface area contributed by atoms with E-state index in [9.17, 15) is 0 Å². The third-order valence-corrected chi connectivity index (χ3v) is 6.86. The summed E-state index contributed by atoms with van der Waals surface area (Å²) in [4.78, 5) is 0. The second-order valence-electron chi connectivity index (χ2n) is 9.00. The van der Waals surface area contributed by atoms with E-state index in [2.05, 4.69) is 105 Å². The van der Waals surface area contributed by atoms with Crippen molar-refractivity contribution in [3.8, 4) is 22.4 Å². The monoisotopic (exact) mass is 390 g/mol. The predicted octanol–water partition coefficient (Wildman–Crippen LogP) is 6.69. The van der Waals surface area contributed by atoms with Gasteiger partial charge in [0, 0.05) is 28.3 Å². The fourth-order valence-corrected chi connectivity index (χ4v) is 5.23. The zero-order chi connectivity index (χ0) is 20.6. The molecular weight excluding hydrogens is 366 g/mol. The number of aromatic nitrogens is 1. The molecule has 0 spiro atoms. The highest BCUT2D eigenvalue weighted by Gasteiger charge is 2.36. The van der Waals surface area contributed by atoms with Gasteiger partial charge >= 0.3 is 0 Å². The second kappa shape index (κ2) is 5.82. The predicted molar refractivity (Wildman–Crippen MR) is 123 cm³/mol. The van der Waals surface area contributed by atoms with Crippen molar-refractivity contribution in [2.24, 2.45) is 7.05 Å². The Bertz CT molecular complexity index is 1490. The van der Waals surface area contributed by atoms with Gasteiger partial charge in [0.15, 0.2) is 6.20 Å². The number of hydrogen-bond donors (Lipinski definition) is 0. The molecule has 30 heavy (non-hydrogen) atoms. The van der Waals surface area contributed by atoms with E-state index in [0.29, 0.717) is 0 Å². The summed E-state index contributed by atoms with van der Waals surface area (Å²) in [6.07, 6.45) is 2.09. The third kappa shape index (κ3) is 2.16. The molecule has 1 aliphatic carbocycles. The topological polar surface area (TPSA) is 17.0 Å². The van der Waals surface area contributed by atoms with E-state index in [1.54, 1.807) is 0 Å². The van der Waals surface area contributed by atoms with Crippen molar-refractivity contribution >= 4 is 21.9 Å². The molecule has 2 heteroatoms. The first kappa shape index (κ1) is 17.5. The molecule has 0 saturated carbocycles. The number of nitrogens with zero attached hydrogens (tertiary/aromatic N) is 1. The Labute approximate surface area is 176 Å². The van der Waals surface area contributed by atoms with E-state index in [1.165, 1.54) is 44.2 Å². The third-order valence-electron chi connectivity index (χ3n) is 6.86. The van der Waals surface area contributed by atoms with Crippen molar-refractivity contribution in [2.45, 2.75) is 26.2 Å². The maximum atomic E-state index is 6.58. The van der Waals surface area contributed by atoms with Gasteiger partial charge in [-0.15, -0.1) is 0 Å². The van der Waals surface area contributed by atoms with Gasteiger partial charge in [-0.2, -0.15) is 0 Å². The molecule has 0 radical (unpaired) electrons. The average molecular weight is 391 g/mol. The van der Waals surface area contributed by atoms with E-state index < -0.39 is 0 Å². The molecule has 2 aromatic heterocycles. The molecule has 5 aromatic rings. The lowest BCUT2D eigenvalue weighted by atomic mass is 9.82. The highest BCUT2D eigenvalue weighted by molar-refractivity contribution is 6.11. The van der Waals surface area contributed by atoms with Gasteiger partial charge in [-0.25, -0.2) is 4.57 Å². The normalized spacial score (nSPS) is 14.3. The fraction of sp³-hybridized carbons (Fsp3) is 0.179. The molecule has 2 heterocycles. The van der Waals surface area contributed by atoms with Crippen LogP contribution in [0.4, 0.5) is 0 Å². The number of rotatable bonds is 1. The minimum atomic E-state index is -0.0241. The first-order valence-corrected chi connectivity index (χ1v) is 10.5. The van der Waals surface area contributed by atoms with Crippen LogP contribution in [0, 0.1) is 6.92 Å². The molecule has 0 aliphatic heterocycles. The number of furan rings is 1. The summed E-state index contributed by atoms with van der Waals surface area (Å²) in [6, 6.07) is 24.1. The maximum absolute atomic E-state index is 6.58. The van der Waals surface area contributed by atoms with Crippen LogP contribution in [0.1, 0.15) is 30.5 Å². The zero-order valence-electron chi connectivity index (χ0n) is 17.8. The number of fused-ring (bicyclic) bond motifs is 6. The van der Waals surface area contributed by atoms with Crippen LogP contribution in [-0.2, 0) is 12.5 Å². The standard InChI is InChI=1S/C28H24NO/c1-17-12-13-19-21-15-20-18-9-5-6-10-22(18)28(2,3)23(20)16-25(21)30-27(19)26(17)24-11-7-8-14-29(24)4/h5-16H,1-4H3/q+1. The quantitative estimate of drug-likeness (QED) is 0.291. The lowest BCUT2D eigenvalue weighted by Crippen LogP contribution is -2.30. The Morgan fingerprint density at radius 2 is 1.60 bits per heavy atom. The van der Waals surface area contributed by atoms with Crippen LogP contribution in [0.2, 0.25) is 0 Å². The lowest BCUT2D eigenvalue weighted by molar-refractivity contribution is -0.660. The van der Waals surface area contributed by atoms with Gasteiger partial charge in [0.25, 0.3) is 0 Å².